The van der Waals surface area contributed by atoms with Crippen LogP contribution in [-0.2, 0) is 0 Å². The summed E-state index contributed by atoms with van der Waals surface area (Å²) in [5.41, 5.74) is 1.40. The Bertz CT molecular complexity index is 782. The topological polar surface area (TPSA) is 54.0 Å². The molecule has 0 N–H and O–H groups in total. The van der Waals surface area contributed by atoms with E-state index in [0.717, 1.165) is 16.6 Å². The molecule has 2 aromatic rings. The van der Waals surface area contributed by atoms with Crippen molar-refractivity contribution in [3.63, 3.8) is 0 Å². The number of rotatable bonds is 9. The molecule has 0 saturated carbocycles. The molecule has 7 heteroatoms. The quantitative estimate of drug-likeness (QED) is 0.478. The third-order valence-corrected chi connectivity index (χ3v) is 5.28. The number of carbonyl (C=O) groups excluding carboxylic acids is 1. The predicted octanol–water partition coefficient (Wildman–Crippen LogP) is 3.55. The maximum atomic E-state index is 13.0. The molecule has 0 aliphatic heterocycles. The first kappa shape index (κ1) is 24.4. The number of hydrogen-bond donors (Lipinski definition) is 0. The zero-order valence-electron chi connectivity index (χ0n) is 16.7. The molecule has 1 atom stereocenters. The molecule has 0 heterocycles. The van der Waals surface area contributed by atoms with Gasteiger partial charge in [-0.2, -0.15) is 0 Å². The number of hydrogen-bond acceptors (Lipinski definition) is 5. The van der Waals surface area contributed by atoms with Crippen LogP contribution in [0, 0.1) is 12.8 Å². The summed E-state index contributed by atoms with van der Waals surface area (Å²) in [5, 5.41) is 0.969. The van der Waals surface area contributed by atoms with Crippen LogP contribution in [0.4, 0.5) is 0 Å². The van der Waals surface area contributed by atoms with Crippen LogP contribution < -0.4 is 24.3 Å². The van der Waals surface area contributed by atoms with E-state index >= 15 is 0 Å². The first-order valence-corrected chi connectivity index (χ1v) is 9.74. The van der Waals surface area contributed by atoms with Crippen molar-refractivity contribution in [2.45, 2.75) is 20.8 Å². The van der Waals surface area contributed by atoms with Crippen LogP contribution in [-0.4, -0.2) is 52.3 Å². The van der Waals surface area contributed by atoms with Gasteiger partial charge in [-0.3, -0.25) is 4.79 Å². The van der Waals surface area contributed by atoms with Gasteiger partial charge >= 0.3 is 18.9 Å². The van der Waals surface area contributed by atoms with Crippen LogP contribution in [0.15, 0.2) is 30.3 Å². The fraction of sp³-hybridized carbons (Fsp3) is 0.381. The van der Waals surface area contributed by atoms with E-state index in [4.69, 9.17) is 18.9 Å². The molecule has 0 radical (unpaired) electrons. The fourth-order valence-corrected chi connectivity index (χ4v) is 3.60. The van der Waals surface area contributed by atoms with Gasteiger partial charge in [-0.05, 0) is 44.4 Å². The SMILES string of the molecule is COc1cc(OC)c(C(=O)Pc2ccc(OCC(C)C)cc2C)c(OC)c1.[LiH]. The number of benzene rings is 2. The van der Waals surface area contributed by atoms with Crippen molar-refractivity contribution in [2.75, 3.05) is 27.9 Å². The van der Waals surface area contributed by atoms with E-state index in [1.807, 2.05) is 25.1 Å². The third-order valence-electron chi connectivity index (χ3n) is 3.97. The maximum absolute atomic E-state index is 13.0. The van der Waals surface area contributed by atoms with Crippen molar-refractivity contribution in [1.29, 1.82) is 0 Å². The van der Waals surface area contributed by atoms with Crippen molar-refractivity contribution in [1.82, 2.24) is 0 Å². The van der Waals surface area contributed by atoms with Crippen LogP contribution in [0.1, 0.15) is 29.8 Å². The monoisotopic (exact) mass is 398 g/mol. The molecule has 2 aromatic carbocycles. The Morgan fingerprint density at radius 1 is 0.964 bits per heavy atom. The van der Waals surface area contributed by atoms with Crippen molar-refractivity contribution in [3.8, 4) is 23.0 Å². The van der Waals surface area contributed by atoms with E-state index in [-0.39, 0.29) is 33.0 Å². The summed E-state index contributed by atoms with van der Waals surface area (Å²) in [6.07, 6.45) is 0. The van der Waals surface area contributed by atoms with Crippen molar-refractivity contribution >= 4 is 38.3 Å². The van der Waals surface area contributed by atoms with Crippen LogP contribution >= 0.6 is 8.58 Å². The summed E-state index contributed by atoms with van der Waals surface area (Å²) < 4.78 is 21.8. The average molecular weight is 398 g/mol. The summed E-state index contributed by atoms with van der Waals surface area (Å²) in [4.78, 5) is 13.0. The van der Waals surface area contributed by atoms with Crippen LogP contribution in [0.3, 0.4) is 0 Å². The van der Waals surface area contributed by atoms with Crippen molar-refractivity contribution in [3.05, 3.63) is 41.5 Å². The second kappa shape index (κ2) is 11.4. The van der Waals surface area contributed by atoms with Crippen molar-refractivity contribution in [2.24, 2.45) is 5.92 Å². The Kier molecular flexibility index (Phi) is 9.89. The molecule has 0 aromatic heterocycles. The number of methoxy groups -OCH3 is 3. The Morgan fingerprint density at radius 3 is 2.04 bits per heavy atom. The van der Waals surface area contributed by atoms with Gasteiger partial charge in [-0.1, -0.05) is 19.9 Å². The second-order valence-corrected chi connectivity index (χ2v) is 7.79. The van der Waals surface area contributed by atoms with Gasteiger partial charge in [0.1, 0.15) is 28.6 Å². The number of aryl methyl sites for hydroxylation is 1. The molecule has 0 fully saturated rings. The van der Waals surface area contributed by atoms with E-state index in [9.17, 15) is 4.79 Å². The molecule has 0 aliphatic rings. The third kappa shape index (κ3) is 6.17. The normalized spacial score (nSPS) is 10.7. The Hall–Kier alpha value is -1.66. The predicted molar refractivity (Wildman–Crippen MR) is 117 cm³/mol. The summed E-state index contributed by atoms with van der Waals surface area (Å²) in [5.74, 6) is 2.74. The molecule has 0 bridgehead atoms. The molecule has 1 unspecified atom stereocenters. The molecule has 148 valence electrons. The zero-order chi connectivity index (χ0) is 20.0. The minimum absolute atomic E-state index is 0. The molecule has 0 saturated heterocycles. The number of carbonyl (C=O) groups is 1. The van der Waals surface area contributed by atoms with Crippen LogP contribution in [0.2, 0.25) is 0 Å². The Balaban J connectivity index is 0.00000392. The Morgan fingerprint density at radius 2 is 1.57 bits per heavy atom. The summed E-state index contributed by atoms with van der Waals surface area (Å²) in [6.45, 7) is 6.87. The fourth-order valence-electron chi connectivity index (χ4n) is 2.54. The van der Waals surface area contributed by atoms with E-state index < -0.39 is 0 Å². The first-order chi connectivity index (χ1) is 12.9. The summed E-state index contributed by atoms with van der Waals surface area (Å²) >= 11 is 0. The zero-order valence-corrected chi connectivity index (χ0v) is 17.7. The number of ether oxygens (including phenoxy) is 4. The molecule has 5 nitrogen and oxygen atoms in total. The van der Waals surface area contributed by atoms with Crippen molar-refractivity contribution < 1.29 is 23.7 Å². The first-order valence-electron chi connectivity index (χ1n) is 8.74. The van der Waals surface area contributed by atoms with Crippen LogP contribution in [0.25, 0.3) is 0 Å². The van der Waals surface area contributed by atoms with Gasteiger partial charge in [0, 0.05) is 12.1 Å². The summed E-state index contributed by atoms with van der Waals surface area (Å²) in [6, 6.07) is 9.21. The van der Waals surface area contributed by atoms with E-state index in [2.05, 4.69) is 13.8 Å². The molecular formula is C21H28LiO5P. The van der Waals surface area contributed by atoms with Crippen LogP contribution in [0.5, 0.6) is 23.0 Å². The minimum atomic E-state index is -0.0507. The van der Waals surface area contributed by atoms with Gasteiger partial charge in [-0.25, -0.2) is 0 Å². The average Bonchev–Trinajstić information content (AvgIpc) is 2.66. The molecule has 0 spiro atoms. The van der Waals surface area contributed by atoms with Gasteiger partial charge in [0.25, 0.3) is 0 Å². The van der Waals surface area contributed by atoms with Gasteiger partial charge in [-0.15, -0.1) is 0 Å². The molecular weight excluding hydrogens is 370 g/mol. The molecule has 0 amide bonds. The standard InChI is InChI=1S/C21H27O5P.Li.H/c1-13(2)12-26-15-7-8-19(14(3)9-15)27-21(22)20-17(24-5)10-16(23-4)11-18(20)25-6;;/h7-11,13,27H,12H2,1-6H3;;. The Labute approximate surface area is 181 Å². The van der Waals surface area contributed by atoms with Gasteiger partial charge in [0.15, 0.2) is 5.52 Å². The van der Waals surface area contributed by atoms with Gasteiger partial charge < -0.3 is 18.9 Å². The van der Waals surface area contributed by atoms with E-state index in [1.165, 1.54) is 14.2 Å². The molecule has 2 rings (SSSR count). The van der Waals surface area contributed by atoms with Gasteiger partial charge in [0.2, 0.25) is 0 Å². The van der Waals surface area contributed by atoms with E-state index in [0.29, 0.717) is 35.3 Å². The summed E-state index contributed by atoms with van der Waals surface area (Å²) in [7, 11) is 4.56. The molecule has 28 heavy (non-hydrogen) atoms. The van der Waals surface area contributed by atoms with Gasteiger partial charge in [0.05, 0.1) is 27.9 Å². The second-order valence-electron chi connectivity index (χ2n) is 6.54. The van der Waals surface area contributed by atoms with E-state index in [1.54, 1.807) is 19.2 Å². The molecule has 0 aliphatic carbocycles.